The van der Waals surface area contributed by atoms with Crippen LogP contribution in [0.5, 0.6) is 0 Å². The Morgan fingerprint density at radius 1 is 1.54 bits per heavy atom. The zero-order chi connectivity index (χ0) is 9.42. The van der Waals surface area contributed by atoms with Crippen molar-refractivity contribution in [1.82, 2.24) is 14.5 Å². The van der Waals surface area contributed by atoms with Gasteiger partial charge in [-0.15, -0.1) is 0 Å². The second-order valence-corrected chi connectivity index (χ2v) is 2.66. The molecule has 1 N–H and O–H groups in total. The van der Waals surface area contributed by atoms with Gasteiger partial charge in [0.1, 0.15) is 6.33 Å². The lowest BCUT2D eigenvalue weighted by atomic mass is 10.3. The third-order valence-electron chi connectivity index (χ3n) is 1.89. The van der Waals surface area contributed by atoms with Gasteiger partial charge < -0.3 is 5.11 Å². The smallest absolute Gasteiger partial charge is 0.417 e. The number of rotatable bonds is 0. The molecule has 2 heterocycles. The highest BCUT2D eigenvalue weighted by molar-refractivity contribution is 5.86. The van der Waals surface area contributed by atoms with Crippen molar-refractivity contribution in [3.8, 4) is 0 Å². The molecule has 0 saturated carbocycles. The molecule has 13 heavy (non-hydrogen) atoms. The third-order valence-corrected chi connectivity index (χ3v) is 1.89. The minimum atomic E-state index is -1.03. The fraction of sp³-hybridized carbons (Fsp3) is 0.125. The lowest BCUT2D eigenvalue weighted by molar-refractivity contribution is 0.197. The first-order valence-electron chi connectivity index (χ1n) is 3.72. The first-order chi connectivity index (χ1) is 6.20. The molecule has 0 atom stereocenters. The highest BCUT2D eigenvalue weighted by atomic mass is 16.4. The predicted molar refractivity (Wildman–Crippen MR) is 45.7 cm³/mol. The van der Waals surface area contributed by atoms with E-state index in [1.165, 1.54) is 12.5 Å². The molecule has 0 amide bonds. The maximum absolute atomic E-state index is 10.7. The van der Waals surface area contributed by atoms with Gasteiger partial charge in [0.2, 0.25) is 0 Å². The number of nitrogens with zero attached hydrogens (tertiary/aromatic N) is 3. The van der Waals surface area contributed by atoms with Crippen molar-refractivity contribution in [2.75, 3.05) is 0 Å². The number of carbonyl (C=O) groups is 1. The fourth-order valence-electron chi connectivity index (χ4n) is 1.23. The second kappa shape index (κ2) is 2.55. The molecule has 2 aromatic rings. The normalized spacial score (nSPS) is 10.5. The van der Waals surface area contributed by atoms with Crippen molar-refractivity contribution in [1.29, 1.82) is 0 Å². The molecule has 0 spiro atoms. The molecule has 66 valence electrons. The molecule has 0 aliphatic heterocycles. The summed E-state index contributed by atoms with van der Waals surface area (Å²) in [5, 5.41) is 9.53. The average Bonchev–Trinajstić information content (AvgIpc) is 2.48. The van der Waals surface area contributed by atoms with E-state index in [9.17, 15) is 4.79 Å². The number of aryl methyl sites for hydroxylation is 1. The van der Waals surface area contributed by atoms with Gasteiger partial charge in [0.15, 0.2) is 5.65 Å². The summed E-state index contributed by atoms with van der Waals surface area (Å²) in [6, 6.07) is 1.69. The van der Waals surface area contributed by atoms with Gasteiger partial charge in [0.25, 0.3) is 0 Å². The van der Waals surface area contributed by atoms with E-state index in [0.717, 1.165) is 15.6 Å². The van der Waals surface area contributed by atoms with Gasteiger partial charge in [-0.05, 0) is 13.0 Å². The van der Waals surface area contributed by atoms with Gasteiger partial charge in [0, 0.05) is 11.6 Å². The molecule has 0 bridgehead atoms. The van der Waals surface area contributed by atoms with Crippen LogP contribution in [0.25, 0.3) is 11.0 Å². The first kappa shape index (κ1) is 7.72. The molecule has 2 rings (SSSR count). The van der Waals surface area contributed by atoms with Crippen LogP contribution in [0.15, 0.2) is 18.6 Å². The van der Waals surface area contributed by atoms with E-state index in [4.69, 9.17) is 5.11 Å². The summed E-state index contributed by atoms with van der Waals surface area (Å²) in [5.41, 5.74) is 1.21. The summed E-state index contributed by atoms with van der Waals surface area (Å²) in [4.78, 5) is 18.5. The Balaban J connectivity index is 2.83. The fourth-order valence-corrected chi connectivity index (χ4v) is 1.23. The van der Waals surface area contributed by atoms with Crippen molar-refractivity contribution >= 4 is 17.1 Å². The van der Waals surface area contributed by atoms with Crippen molar-refractivity contribution < 1.29 is 9.90 Å². The molecule has 0 aromatic carbocycles. The molecular formula is C8H7N3O2. The van der Waals surface area contributed by atoms with Gasteiger partial charge >= 0.3 is 6.09 Å². The van der Waals surface area contributed by atoms with Gasteiger partial charge in [-0.1, -0.05) is 0 Å². The molecule has 5 nitrogen and oxygen atoms in total. The van der Waals surface area contributed by atoms with E-state index in [1.807, 2.05) is 6.92 Å². The van der Waals surface area contributed by atoms with Crippen LogP contribution in [-0.4, -0.2) is 25.7 Å². The van der Waals surface area contributed by atoms with E-state index < -0.39 is 6.09 Å². The number of hydrogen-bond acceptors (Lipinski definition) is 3. The second-order valence-electron chi connectivity index (χ2n) is 2.66. The molecule has 0 radical (unpaired) electrons. The maximum atomic E-state index is 10.7. The highest BCUT2D eigenvalue weighted by Crippen LogP contribution is 2.14. The van der Waals surface area contributed by atoms with Crippen molar-refractivity contribution in [2.24, 2.45) is 0 Å². The van der Waals surface area contributed by atoms with Crippen LogP contribution in [0, 0.1) is 6.92 Å². The molecule has 0 saturated heterocycles. The minimum Gasteiger partial charge on any atom is -0.464 e. The maximum Gasteiger partial charge on any atom is 0.417 e. The summed E-state index contributed by atoms with van der Waals surface area (Å²) in [5.74, 6) is 0. The zero-order valence-corrected chi connectivity index (χ0v) is 6.93. The minimum absolute atomic E-state index is 0.431. The van der Waals surface area contributed by atoms with E-state index in [1.54, 1.807) is 6.07 Å². The lowest BCUT2D eigenvalue weighted by Gasteiger charge is -1.96. The van der Waals surface area contributed by atoms with Gasteiger partial charge in [0.05, 0.1) is 5.69 Å². The Kier molecular flexibility index (Phi) is 1.51. The van der Waals surface area contributed by atoms with Crippen LogP contribution in [-0.2, 0) is 0 Å². The SMILES string of the molecule is Cc1ncnc2c1ccn2C(=O)O. The summed E-state index contributed by atoms with van der Waals surface area (Å²) < 4.78 is 1.07. The van der Waals surface area contributed by atoms with E-state index in [-0.39, 0.29) is 0 Å². The third kappa shape index (κ3) is 1.05. The highest BCUT2D eigenvalue weighted by Gasteiger charge is 2.08. The largest absolute Gasteiger partial charge is 0.464 e. The summed E-state index contributed by atoms with van der Waals surface area (Å²) in [7, 11) is 0. The molecule has 0 unspecified atom stereocenters. The predicted octanol–water partition coefficient (Wildman–Crippen LogP) is 1.27. The van der Waals surface area contributed by atoms with E-state index in [2.05, 4.69) is 9.97 Å². The van der Waals surface area contributed by atoms with Gasteiger partial charge in [-0.3, -0.25) is 0 Å². The molecule has 5 heteroatoms. The van der Waals surface area contributed by atoms with E-state index >= 15 is 0 Å². The quantitative estimate of drug-likeness (QED) is 0.657. The van der Waals surface area contributed by atoms with Crippen LogP contribution in [0.4, 0.5) is 4.79 Å². The number of hydrogen-bond donors (Lipinski definition) is 1. The lowest BCUT2D eigenvalue weighted by Crippen LogP contribution is -2.06. The van der Waals surface area contributed by atoms with E-state index in [0.29, 0.717) is 5.65 Å². The molecule has 2 aromatic heterocycles. The monoisotopic (exact) mass is 177 g/mol. The molecular weight excluding hydrogens is 170 g/mol. The number of aromatic nitrogens is 3. The average molecular weight is 177 g/mol. The Labute approximate surface area is 73.7 Å². The summed E-state index contributed by atoms with van der Waals surface area (Å²) in [6.07, 6.45) is 1.79. The van der Waals surface area contributed by atoms with Gasteiger partial charge in [-0.25, -0.2) is 19.3 Å². The van der Waals surface area contributed by atoms with Crippen LogP contribution in [0.3, 0.4) is 0 Å². The first-order valence-corrected chi connectivity index (χ1v) is 3.72. The van der Waals surface area contributed by atoms with Gasteiger partial charge in [-0.2, -0.15) is 0 Å². The van der Waals surface area contributed by atoms with Crippen LogP contribution in [0.1, 0.15) is 5.69 Å². The number of carboxylic acid groups (broad SMARTS) is 1. The molecule has 0 fully saturated rings. The number of fused-ring (bicyclic) bond motifs is 1. The topological polar surface area (TPSA) is 68.0 Å². The Hall–Kier alpha value is -1.91. The van der Waals surface area contributed by atoms with Crippen LogP contribution >= 0.6 is 0 Å². The molecule has 0 aliphatic rings. The standard InChI is InChI=1S/C8H7N3O2/c1-5-6-2-3-11(8(12)13)7(6)10-4-9-5/h2-4H,1H3,(H,12,13). The Morgan fingerprint density at radius 2 is 2.31 bits per heavy atom. The van der Waals surface area contributed by atoms with Crippen LogP contribution < -0.4 is 0 Å². The van der Waals surface area contributed by atoms with Crippen molar-refractivity contribution in [3.05, 3.63) is 24.3 Å². The van der Waals surface area contributed by atoms with Crippen molar-refractivity contribution in [3.63, 3.8) is 0 Å². The van der Waals surface area contributed by atoms with Crippen LogP contribution in [0.2, 0.25) is 0 Å². The summed E-state index contributed by atoms with van der Waals surface area (Å²) in [6.45, 7) is 1.82. The molecule has 0 aliphatic carbocycles. The summed E-state index contributed by atoms with van der Waals surface area (Å²) >= 11 is 0. The Bertz CT molecular complexity index is 475. The zero-order valence-electron chi connectivity index (χ0n) is 6.93. The van der Waals surface area contributed by atoms with Crippen molar-refractivity contribution in [2.45, 2.75) is 6.92 Å². The Morgan fingerprint density at radius 3 is 3.00 bits per heavy atom.